The first kappa shape index (κ1) is 13.0. The molecule has 16 heavy (non-hydrogen) atoms. The van der Waals surface area contributed by atoms with Gasteiger partial charge in [-0.2, -0.15) is 0 Å². The maximum atomic E-state index is 3.39. The van der Waals surface area contributed by atoms with E-state index in [0.717, 1.165) is 32.4 Å². The molecule has 0 saturated carbocycles. The van der Waals surface area contributed by atoms with Gasteiger partial charge in [-0.1, -0.05) is 49.4 Å². The Morgan fingerprint density at radius 3 is 2.50 bits per heavy atom. The van der Waals surface area contributed by atoms with E-state index in [1.807, 2.05) is 0 Å². The summed E-state index contributed by atoms with van der Waals surface area (Å²) in [5.74, 6) is 0. The summed E-state index contributed by atoms with van der Waals surface area (Å²) < 4.78 is 0. The summed E-state index contributed by atoms with van der Waals surface area (Å²) in [5.41, 5.74) is 1.43. The van der Waals surface area contributed by atoms with Gasteiger partial charge in [-0.15, -0.1) is 0 Å². The lowest BCUT2D eigenvalue weighted by molar-refractivity contribution is 0.677. The zero-order valence-electron chi connectivity index (χ0n) is 10.3. The van der Waals surface area contributed by atoms with Gasteiger partial charge in [0, 0.05) is 0 Å². The Bertz CT molecular complexity index is 277. The van der Waals surface area contributed by atoms with E-state index in [2.05, 4.69) is 54.7 Å². The third-order valence-electron chi connectivity index (χ3n) is 2.52. The zero-order valence-corrected chi connectivity index (χ0v) is 10.3. The number of nitrogens with one attached hydrogen (secondary N) is 1. The molecule has 1 N–H and O–H groups in total. The van der Waals surface area contributed by atoms with Crippen molar-refractivity contribution < 1.29 is 0 Å². The van der Waals surface area contributed by atoms with Gasteiger partial charge in [-0.05, 0) is 44.3 Å². The first-order chi connectivity index (χ1) is 7.93. The highest BCUT2D eigenvalue weighted by atomic mass is 14.8. The van der Waals surface area contributed by atoms with E-state index < -0.39 is 0 Å². The molecule has 0 heterocycles. The van der Waals surface area contributed by atoms with Crippen LogP contribution in [0.25, 0.3) is 0 Å². The first-order valence-electron chi connectivity index (χ1n) is 6.33. The van der Waals surface area contributed by atoms with Crippen molar-refractivity contribution >= 4 is 0 Å². The van der Waals surface area contributed by atoms with Crippen molar-refractivity contribution in [3.05, 3.63) is 48.0 Å². The molecule has 1 nitrogen and oxygen atoms in total. The van der Waals surface area contributed by atoms with Crippen molar-refractivity contribution in [1.82, 2.24) is 5.32 Å². The first-order valence-corrected chi connectivity index (χ1v) is 6.33. The van der Waals surface area contributed by atoms with Crippen LogP contribution in [0, 0.1) is 0 Å². The second-order valence-electron chi connectivity index (χ2n) is 4.03. The SMILES string of the molecule is CCCNCCC=CCCc1ccccc1. The molecule has 1 rings (SSSR count). The molecule has 0 unspecified atom stereocenters. The number of aryl methyl sites for hydroxylation is 1. The van der Waals surface area contributed by atoms with Crippen molar-refractivity contribution in [2.75, 3.05) is 13.1 Å². The normalized spacial score (nSPS) is 11.1. The van der Waals surface area contributed by atoms with Crippen LogP contribution in [0.3, 0.4) is 0 Å². The Hall–Kier alpha value is -1.08. The summed E-state index contributed by atoms with van der Waals surface area (Å²) in [6, 6.07) is 10.7. The van der Waals surface area contributed by atoms with Crippen LogP contribution >= 0.6 is 0 Å². The fourth-order valence-corrected chi connectivity index (χ4v) is 1.62. The predicted molar refractivity (Wildman–Crippen MR) is 71.7 cm³/mol. The molecular formula is C15H23N. The molecule has 0 atom stereocenters. The molecular weight excluding hydrogens is 194 g/mol. The lowest BCUT2D eigenvalue weighted by atomic mass is 10.1. The van der Waals surface area contributed by atoms with Gasteiger partial charge in [0.25, 0.3) is 0 Å². The minimum Gasteiger partial charge on any atom is -0.316 e. The molecule has 1 aromatic carbocycles. The Labute approximate surface area is 99.6 Å². The molecule has 0 aromatic heterocycles. The van der Waals surface area contributed by atoms with Crippen LogP contribution < -0.4 is 5.32 Å². The highest BCUT2D eigenvalue weighted by Crippen LogP contribution is 2.02. The molecule has 0 radical (unpaired) electrons. The standard InChI is InChI=1S/C15H23N/c1-2-13-16-14-9-4-3-6-10-15-11-7-5-8-12-15/h3-5,7-8,11-12,16H,2,6,9-10,13-14H2,1H3. The minimum atomic E-state index is 1.11. The number of hydrogen-bond acceptors (Lipinski definition) is 1. The Kier molecular flexibility index (Phi) is 7.44. The topological polar surface area (TPSA) is 12.0 Å². The highest BCUT2D eigenvalue weighted by molar-refractivity contribution is 5.15. The fraction of sp³-hybridized carbons (Fsp3) is 0.467. The Morgan fingerprint density at radius 2 is 1.75 bits per heavy atom. The van der Waals surface area contributed by atoms with E-state index >= 15 is 0 Å². The molecule has 0 aliphatic heterocycles. The van der Waals surface area contributed by atoms with E-state index in [-0.39, 0.29) is 0 Å². The predicted octanol–water partition coefficient (Wildman–Crippen LogP) is 3.57. The van der Waals surface area contributed by atoms with Crippen molar-refractivity contribution in [2.24, 2.45) is 0 Å². The van der Waals surface area contributed by atoms with Crippen molar-refractivity contribution in [2.45, 2.75) is 32.6 Å². The average molecular weight is 217 g/mol. The molecule has 88 valence electrons. The Morgan fingerprint density at radius 1 is 1.00 bits per heavy atom. The average Bonchev–Trinajstić information content (AvgIpc) is 2.34. The molecule has 0 bridgehead atoms. The van der Waals surface area contributed by atoms with E-state index in [9.17, 15) is 0 Å². The molecule has 0 aliphatic rings. The molecule has 1 aromatic rings. The van der Waals surface area contributed by atoms with Gasteiger partial charge in [0.15, 0.2) is 0 Å². The van der Waals surface area contributed by atoms with Crippen molar-refractivity contribution in [3.63, 3.8) is 0 Å². The van der Waals surface area contributed by atoms with E-state index in [4.69, 9.17) is 0 Å². The van der Waals surface area contributed by atoms with Gasteiger partial charge in [-0.3, -0.25) is 0 Å². The van der Waals surface area contributed by atoms with Crippen molar-refractivity contribution in [1.29, 1.82) is 0 Å². The Balaban J connectivity index is 2.00. The second kappa shape index (κ2) is 9.17. The molecule has 0 spiro atoms. The third kappa shape index (κ3) is 6.41. The van der Waals surface area contributed by atoms with Gasteiger partial charge in [0.05, 0.1) is 0 Å². The van der Waals surface area contributed by atoms with Crippen LogP contribution in [0.2, 0.25) is 0 Å². The summed E-state index contributed by atoms with van der Waals surface area (Å²) in [4.78, 5) is 0. The lowest BCUT2D eigenvalue weighted by Crippen LogP contribution is -2.14. The summed E-state index contributed by atoms with van der Waals surface area (Å²) in [6.07, 6.45) is 9.25. The van der Waals surface area contributed by atoms with Gasteiger partial charge in [0.2, 0.25) is 0 Å². The van der Waals surface area contributed by atoms with Crippen LogP contribution in [0.1, 0.15) is 31.7 Å². The van der Waals surface area contributed by atoms with Gasteiger partial charge < -0.3 is 5.32 Å². The fourth-order valence-electron chi connectivity index (χ4n) is 1.62. The highest BCUT2D eigenvalue weighted by Gasteiger charge is 1.88. The summed E-state index contributed by atoms with van der Waals surface area (Å²) in [7, 11) is 0. The number of hydrogen-bond donors (Lipinski definition) is 1. The van der Waals surface area contributed by atoms with Crippen LogP contribution in [0.15, 0.2) is 42.5 Å². The van der Waals surface area contributed by atoms with Crippen LogP contribution in [0.5, 0.6) is 0 Å². The molecule has 0 amide bonds. The summed E-state index contributed by atoms with van der Waals surface area (Å²) in [6.45, 7) is 4.44. The van der Waals surface area contributed by atoms with Gasteiger partial charge in [-0.25, -0.2) is 0 Å². The van der Waals surface area contributed by atoms with Gasteiger partial charge >= 0.3 is 0 Å². The third-order valence-corrected chi connectivity index (χ3v) is 2.52. The van der Waals surface area contributed by atoms with E-state index in [1.54, 1.807) is 0 Å². The smallest absolute Gasteiger partial charge is 0.00143 e. The number of benzene rings is 1. The quantitative estimate of drug-likeness (QED) is 0.518. The molecule has 0 fully saturated rings. The largest absolute Gasteiger partial charge is 0.316 e. The van der Waals surface area contributed by atoms with Crippen LogP contribution in [-0.4, -0.2) is 13.1 Å². The number of rotatable bonds is 8. The van der Waals surface area contributed by atoms with Gasteiger partial charge in [0.1, 0.15) is 0 Å². The number of allylic oxidation sites excluding steroid dienone is 1. The minimum absolute atomic E-state index is 1.11. The summed E-state index contributed by atoms with van der Waals surface area (Å²) >= 11 is 0. The monoisotopic (exact) mass is 217 g/mol. The molecule has 0 saturated heterocycles. The summed E-state index contributed by atoms with van der Waals surface area (Å²) in [5, 5.41) is 3.39. The van der Waals surface area contributed by atoms with E-state index in [0.29, 0.717) is 0 Å². The maximum absolute atomic E-state index is 3.39. The zero-order chi connectivity index (χ0) is 11.5. The maximum Gasteiger partial charge on any atom is -0.00143 e. The molecule has 1 heteroatoms. The van der Waals surface area contributed by atoms with Crippen molar-refractivity contribution in [3.8, 4) is 0 Å². The van der Waals surface area contributed by atoms with E-state index in [1.165, 1.54) is 12.0 Å². The molecule has 0 aliphatic carbocycles. The van der Waals surface area contributed by atoms with Crippen LogP contribution in [0.4, 0.5) is 0 Å². The second-order valence-corrected chi connectivity index (χ2v) is 4.03. The van der Waals surface area contributed by atoms with Crippen LogP contribution in [-0.2, 0) is 6.42 Å². The lowest BCUT2D eigenvalue weighted by Gasteiger charge is -1.99.